The number of rotatable bonds is 13. The van der Waals surface area contributed by atoms with Crippen molar-refractivity contribution in [1.82, 2.24) is 10.2 Å². The quantitative estimate of drug-likeness (QED) is 0.157. The second-order valence-corrected chi connectivity index (χ2v) is 14.8. The van der Waals surface area contributed by atoms with Crippen LogP contribution in [0.4, 0.5) is 10.1 Å². The Hall–Kier alpha value is -4.12. The van der Waals surface area contributed by atoms with Gasteiger partial charge in [0.15, 0.2) is 0 Å². The molecule has 4 aromatic rings. The Balaban J connectivity index is 1.82. The maximum absolute atomic E-state index is 14.6. The Bertz CT molecular complexity index is 1820. The van der Waals surface area contributed by atoms with Gasteiger partial charge >= 0.3 is 0 Å². The summed E-state index contributed by atoms with van der Waals surface area (Å²) in [6.45, 7) is 6.83. The zero-order chi connectivity index (χ0) is 35.1. The molecule has 1 unspecified atom stereocenters. The molecule has 0 radical (unpaired) electrons. The first-order chi connectivity index (χ1) is 22.7. The zero-order valence-electron chi connectivity index (χ0n) is 27.1. The van der Waals surface area contributed by atoms with Gasteiger partial charge in [0.1, 0.15) is 24.2 Å². The van der Waals surface area contributed by atoms with Crippen molar-refractivity contribution in [1.29, 1.82) is 0 Å². The lowest BCUT2D eigenvalue weighted by Gasteiger charge is -2.35. The molecule has 0 aliphatic carbocycles. The van der Waals surface area contributed by atoms with Gasteiger partial charge in [-0.3, -0.25) is 13.9 Å². The van der Waals surface area contributed by atoms with Crippen molar-refractivity contribution in [2.75, 3.05) is 17.5 Å². The highest BCUT2D eigenvalue weighted by atomic mass is 35.5. The molecule has 4 aromatic carbocycles. The van der Waals surface area contributed by atoms with Crippen LogP contribution >= 0.6 is 23.2 Å². The normalized spacial score (nSPS) is 12.2. The van der Waals surface area contributed by atoms with Crippen molar-refractivity contribution >= 4 is 50.7 Å². The number of sulfonamides is 1. The first-order valence-corrected chi connectivity index (χ1v) is 17.5. The summed E-state index contributed by atoms with van der Waals surface area (Å²) < 4.78 is 48.7. The number of hydrogen-bond acceptors (Lipinski definition) is 5. The van der Waals surface area contributed by atoms with E-state index in [1.165, 1.54) is 47.4 Å². The van der Waals surface area contributed by atoms with Crippen LogP contribution < -0.4 is 14.4 Å². The molecule has 0 heterocycles. The molecule has 1 atom stereocenters. The van der Waals surface area contributed by atoms with E-state index in [1.807, 2.05) is 58.0 Å². The van der Waals surface area contributed by atoms with Crippen LogP contribution in [0, 0.1) is 5.82 Å². The van der Waals surface area contributed by atoms with Gasteiger partial charge in [0.2, 0.25) is 11.8 Å². The van der Waals surface area contributed by atoms with Crippen molar-refractivity contribution in [3.63, 3.8) is 0 Å². The molecule has 0 aliphatic rings. The minimum absolute atomic E-state index is 0.0573. The van der Waals surface area contributed by atoms with E-state index in [4.69, 9.17) is 27.9 Å². The van der Waals surface area contributed by atoms with E-state index < -0.39 is 45.8 Å². The summed E-state index contributed by atoms with van der Waals surface area (Å²) >= 11 is 12.7. The third kappa shape index (κ3) is 9.71. The zero-order valence-corrected chi connectivity index (χ0v) is 29.4. The maximum atomic E-state index is 14.6. The number of halogens is 3. The highest BCUT2D eigenvalue weighted by molar-refractivity contribution is 7.92. The van der Waals surface area contributed by atoms with Gasteiger partial charge < -0.3 is 15.0 Å². The molecule has 0 bridgehead atoms. The van der Waals surface area contributed by atoms with Crippen molar-refractivity contribution in [3.05, 3.63) is 124 Å². The summed E-state index contributed by atoms with van der Waals surface area (Å²) in [5, 5.41) is 3.63. The van der Waals surface area contributed by atoms with E-state index >= 15 is 0 Å². The van der Waals surface area contributed by atoms with Crippen LogP contribution in [0.1, 0.15) is 38.8 Å². The van der Waals surface area contributed by atoms with E-state index in [2.05, 4.69) is 5.32 Å². The van der Waals surface area contributed by atoms with Crippen molar-refractivity contribution in [2.24, 2.45) is 0 Å². The average Bonchev–Trinajstić information content (AvgIpc) is 3.03. The van der Waals surface area contributed by atoms with Gasteiger partial charge in [-0.1, -0.05) is 59.6 Å². The largest absolute Gasteiger partial charge is 0.494 e. The molecule has 12 heteroatoms. The number of anilines is 1. The molecule has 0 aromatic heterocycles. The Morgan fingerprint density at radius 1 is 0.917 bits per heavy atom. The smallest absolute Gasteiger partial charge is 0.264 e. The highest BCUT2D eigenvalue weighted by Crippen LogP contribution is 2.28. The van der Waals surface area contributed by atoms with E-state index in [1.54, 1.807) is 12.1 Å². The summed E-state index contributed by atoms with van der Waals surface area (Å²) in [6, 6.07) is 23.5. The third-order valence-corrected chi connectivity index (χ3v) is 9.62. The monoisotopic (exact) mass is 713 g/mol. The lowest BCUT2D eigenvalue weighted by molar-refractivity contribution is -0.140. The van der Waals surface area contributed by atoms with Crippen LogP contribution in [0.2, 0.25) is 10.0 Å². The molecule has 0 aliphatic heterocycles. The van der Waals surface area contributed by atoms with Crippen LogP contribution in [0.3, 0.4) is 0 Å². The summed E-state index contributed by atoms with van der Waals surface area (Å²) in [6.07, 6.45) is 0.127. The van der Waals surface area contributed by atoms with E-state index in [0.717, 1.165) is 22.0 Å². The number of hydrogen-bond donors (Lipinski definition) is 1. The molecule has 0 saturated heterocycles. The van der Waals surface area contributed by atoms with Crippen molar-refractivity contribution < 1.29 is 27.1 Å². The Labute approximate surface area is 291 Å². The molecule has 254 valence electrons. The molecule has 8 nitrogen and oxygen atoms in total. The topological polar surface area (TPSA) is 96.0 Å². The first kappa shape index (κ1) is 36.7. The number of benzene rings is 4. The molecule has 2 amide bonds. The molecule has 0 saturated carbocycles. The molecular formula is C36H38Cl2FN3O5S. The van der Waals surface area contributed by atoms with E-state index in [9.17, 15) is 22.4 Å². The Kier molecular flexibility index (Phi) is 12.1. The minimum Gasteiger partial charge on any atom is -0.494 e. The van der Waals surface area contributed by atoms with Crippen molar-refractivity contribution in [3.8, 4) is 5.75 Å². The van der Waals surface area contributed by atoms with Gasteiger partial charge in [-0.05, 0) is 99.5 Å². The summed E-state index contributed by atoms with van der Waals surface area (Å²) in [4.78, 5) is 29.8. The predicted molar refractivity (Wildman–Crippen MR) is 187 cm³/mol. The fraction of sp³-hybridized carbons (Fsp3) is 0.278. The number of nitrogens with zero attached hydrogens (tertiary/aromatic N) is 2. The molecule has 1 N–H and O–H groups in total. The van der Waals surface area contributed by atoms with Crippen LogP contribution in [0.5, 0.6) is 5.75 Å². The van der Waals surface area contributed by atoms with Gasteiger partial charge in [-0.15, -0.1) is 0 Å². The van der Waals surface area contributed by atoms with Crippen LogP contribution in [0.15, 0.2) is 102 Å². The number of ether oxygens (including phenoxy) is 1. The predicted octanol–water partition coefficient (Wildman–Crippen LogP) is 7.28. The van der Waals surface area contributed by atoms with Gasteiger partial charge in [-0.2, -0.15) is 0 Å². The Morgan fingerprint density at radius 3 is 2.15 bits per heavy atom. The van der Waals surface area contributed by atoms with Crippen LogP contribution in [-0.2, 0) is 32.6 Å². The fourth-order valence-electron chi connectivity index (χ4n) is 4.98. The number of nitrogens with one attached hydrogen (secondary N) is 1. The lowest BCUT2D eigenvalue weighted by atomic mass is 10.0. The summed E-state index contributed by atoms with van der Waals surface area (Å²) in [5.74, 6) is -1.23. The number of carbonyl (C=O) groups excluding carboxylic acids is 2. The van der Waals surface area contributed by atoms with E-state index in [-0.39, 0.29) is 28.6 Å². The molecular weight excluding hydrogens is 676 g/mol. The summed E-state index contributed by atoms with van der Waals surface area (Å²) in [7, 11) is -4.38. The average molecular weight is 715 g/mol. The number of carbonyl (C=O) groups is 2. The second-order valence-electron chi connectivity index (χ2n) is 12.1. The minimum atomic E-state index is -4.38. The van der Waals surface area contributed by atoms with Gasteiger partial charge in [0, 0.05) is 28.5 Å². The van der Waals surface area contributed by atoms with Crippen LogP contribution in [0.25, 0.3) is 0 Å². The fourth-order valence-corrected chi connectivity index (χ4v) is 6.86. The molecule has 0 fully saturated rings. The Morgan fingerprint density at radius 2 is 1.56 bits per heavy atom. The molecule has 48 heavy (non-hydrogen) atoms. The SMILES string of the molecule is CCOc1ccc(S(=O)(=O)N(CC(=O)N(Cc2ccc(Cl)cc2Cl)C(Cc2ccccc2)C(=O)NC(C)(C)C)c2ccc(F)cc2)cc1. The molecule has 4 rings (SSSR count). The standard InChI is InChI=1S/C36H38Cl2FN3O5S/c1-5-47-30-17-19-31(20-18-30)48(45,46)42(29-15-13-28(39)14-16-29)24-34(43)41(23-26-11-12-27(37)22-32(26)38)33(35(44)40-36(2,3)4)21-25-9-7-6-8-10-25/h6-20,22,33H,5,21,23-24H2,1-4H3,(H,40,44). The van der Waals surface area contributed by atoms with Crippen LogP contribution in [-0.4, -0.2) is 49.9 Å². The highest BCUT2D eigenvalue weighted by Gasteiger charge is 2.36. The van der Waals surface area contributed by atoms with Gasteiger partial charge in [-0.25, -0.2) is 12.8 Å². The lowest BCUT2D eigenvalue weighted by Crippen LogP contribution is -2.56. The maximum Gasteiger partial charge on any atom is 0.264 e. The third-order valence-electron chi connectivity index (χ3n) is 7.24. The second kappa shape index (κ2) is 15.9. The first-order valence-electron chi connectivity index (χ1n) is 15.3. The van der Waals surface area contributed by atoms with Gasteiger partial charge in [0.25, 0.3) is 10.0 Å². The number of amides is 2. The van der Waals surface area contributed by atoms with Gasteiger partial charge in [0.05, 0.1) is 17.2 Å². The summed E-state index contributed by atoms with van der Waals surface area (Å²) in [5.41, 5.74) is 0.694. The van der Waals surface area contributed by atoms with E-state index in [0.29, 0.717) is 22.9 Å². The molecule has 0 spiro atoms. The van der Waals surface area contributed by atoms with Crippen molar-refractivity contribution in [2.45, 2.75) is 57.1 Å².